The summed E-state index contributed by atoms with van der Waals surface area (Å²) in [6.45, 7) is 0.624. The largest absolute Gasteiger partial charge is 0.480 e. The van der Waals surface area contributed by atoms with Gasteiger partial charge in [-0.1, -0.05) is 6.42 Å². The molecule has 0 saturated carbocycles. The maximum Gasteiger partial charge on any atom is 0.329 e. The summed E-state index contributed by atoms with van der Waals surface area (Å²) < 4.78 is 0.916. The number of rotatable bonds is 9. The number of carbonyl (C=O) groups is 2. The lowest BCUT2D eigenvalue weighted by atomic mass is 10.1. The standard InChI is InChI=1S/C18H23N5O3S2/c1-20-12(4-2-3-7-19)15(24)21-10-5-6-11-14(8-10)28-17(22-11)16-23-13(9-27-16)18(25)26/h5-6,8,12-13,20H,2-4,7,9,19H2,1H3,(H,21,24)(H,25,26)/t12-,13+/m0/s1. The third kappa shape index (κ3) is 4.88. The fourth-order valence-corrected chi connectivity index (χ4v) is 4.94. The van der Waals surface area contributed by atoms with Gasteiger partial charge in [0.1, 0.15) is 10.1 Å². The highest BCUT2D eigenvalue weighted by Gasteiger charge is 2.27. The fourth-order valence-electron chi connectivity index (χ4n) is 2.84. The van der Waals surface area contributed by atoms with Crippen LogP contribution in [0.3, 0.4) is 0 Å². The first-order valence-corrected chi connectivity index (χ1v) is 10.8. The highest BCUT2D eigenvalue weighted by atomic mass is 32.2. The first-order chi connectivity index (χ1) is 13.5. The minimum absolute atomic E-state index is 0.0800. The number of nitrogens with one attached hydrogen (secondary N) is 2. The Morgan fingerprint density at radius 1 is 1.39 bits per heavy atom. The summed E-state index contributed by atoms with van der Waals surface area (Å²) in [5.41, 5.74) is 7.02. The summed E-state index contributed by atoms with van der Waals surface area (Å²) in [6, 6.07) is 4.58. The highest BCUT2D eigenvalue weighted by molar-refractivity contribution is 8.15. The number of unbranched alkanes of at least 4 members (excludes halogenated alkanes) is 1. The molecule has 2 heterocycles. The fraction of sp³-hybridized carbons (Fsp3) is 0.444. The summed E-state index contributed by atoms with van der Waals surface area (Å²) in [4.78, 5) is 32.3. The van der Waals surface area contributed by atoms with Crippen LogP contribution in [0.2, 0.25) is 0 Å². The van der Waals surface area contributed by atoms with Crippen LogP contribution in [0.5, 0.6) is 0 Å². The summed E-state index contributed by atoms with van der Waals surface area (Å²) >= 11 is 2.85. The normalized spacial score (nSPS) is 17.5. The molecule has 0 fully saturated rings. The number of fused-ring (bicyclic) bond motifs is 1. The van der Waals surface area contributed by atoms with Gasteiger partial charge in [-0.2, -0.15) is 0 Å². The molecule has 10 heteroatoms. The van der Waals surface area contributed by atoms with E-state index in [1.54, 1.807) is 7.05 Å². The van der Waals surface area contributed by atoms with Gasteiger partial charge in [0.05, 0.1) is 16.3 Å². The SMILES string of the molecule is CN[C@@H](CCCCN)C(=O)Nc1ccc2nc(C3=N[C@@H](C(=O)O)CS3)sc2c1. The number of aromatic nitrogens is 1. The molecule has 1 aromatic heterocycles. The van der Waals surface area contributed by atoms with E-state index in [1.165, 1.54) is 23.1 Å². The summed E-state index contributed by atoms with van der Waals surface area (Å²) in [5.74, 6) is -0.569. The summed E-state index contributed by atoms with van der Waals surface area (Å²) in [7, 11) is 1.77. The monoisotopic (exact) mass is 421 g/mol. The van der Waals surface area contributed by atoms with Gasteiger partial charge in [-0.15, -0.1) is 23.1 Å². The van der Waals surface area contributed by atoms with E-state index in [2.05, 4.69) is 20.6 Å². The van der Waals surface area contributed by atoms with E-state index in [0.29, 0.717) is 28.0 Å². The van der Waals surface area contributed by atoms with Crippen LogP contribution in [0.1, 0.15) is 24.3 Å². The first kappa shape index (κ1) is 20.7. The smallest absolute Gasteiger partial charge is 0.329 e. The number of thioether (sulfide) groups is 1. The van der Waals surface area contributed by atoms with Crippen molar-refractivity contribution < 1.29 is 14.7 Å². The molecular weight excluding hydrogens is 398 g/mol. The molecule has 1 aromatic carbocycles. The average molecular weight is 422 g/mol. The third-order valence-electron chi connectivity index (χ3n) is 4.39. The molecular formula is C18H23N5O3S2. The van der Waals surface area contributed by atoms with Crippen LogP contribution in [0.15, 0.2) is 23.2 Å². The summed E-state index contributed by atoms with van der Waals surface area (Å²) in [5, 5.41) is 16.4. The average Bonchev–Trinajstić information content (AvgIpc) is 3.31. The highest BCUT2D eigenvalue weighted by Crippen LogP contribution is 2.31. The molecule has 0 saturated heterocycles. The molecule has 1 aliphatic rings. The van der Waals surface area contributed by atoms with E-state index < -0.39 is 12.0 Å². The molecule has 1 amide bonds. The van der Waals surface area contributed by atoms with Gasteiger partial charge in [0.25, 0.3) is 0 Å². The number of carboxylic acid groups (broad SMARTS) is 1. The van der Waals surface area contributed by atoms with Crippen molar-refractivity contribution in [1.29, 1.82) is 0 Å². The zero-order valence-corrected chi connectivity index (χ0v) is 17.1. The zero-order chi connectivity index (χ0) is 20.1. The molecule has 0 radical (unpaired) electrons. The Labute approximate surface area is 171 Å². The number of benzene rings is 1. The van der Waals surface area contributed by atoms with Crippen LogP contribution in [0.25, 0.3) is 10.2 Å². The third-order valence-corrected chi connectivity index (χ3v) is 6.60. The van der Waals surface area contributed by atoms with Crippen LogP contribution < -0.4 is 16.4 Å². The first-order valence-electron chi connectivity index (χ1n) is 9.04. The Bertz CT molecular complexity index is 898. The van der Waals surface area contributed by atoms with E-state index >= 15 is 0 Å². The van der Waals surface area contributed by atoms with E-state index in [1.807, 2.05) is 18.2 Å². The van der Waals surface area contributed by atoms with Gasteiger partial charge < -0.3 is 21.5 Å². The topological polar surface area (TPSA) is 130 Å². The van der Waals surface area contributed by atoms with Gasteiger partial charge in [-0.25, -0.2) is 9.78 Å². The molecule has 1 aliphatic heterocycles. The zero-order valence-electron chi connectivity index (χ0n) is 15.5. The maximum atomic E-state index is 12.5. The van der Waals surface area contributed by atoms with Crippen molar-refractivity contribution in [3.05, 3.63) is 23.2 Å². The minimum Gasteiger partial charge on any atom is -0.480 e. The van der Waals surface area contributed by atoms with Gasteiger partial charge in [0.15, 0.2) is 6.04 Å². The number of amides is 1. The van der Waals surface area contributed by atoms with Crippen LogP contribution in [-0.4, -0.2) is 58.4 Å². The number of carbonyl (C=O) groups excluding carboxylic acids is 1. The van der Waals surface area contributed by atoms with Crippen LogP contribution >= 0.6 is 23.1 Å². The molecule has 0 unspecified atom stereocenters. The number of aliphatic imine (C=N–C) groups is 1. The minimum atomic E-state index is -0.917. The van der Waals surface area contributed by atoms with Gasteiger partial charge in [-0.3, -0.25) is 9.79 Å². The van der Waals surface area contributed by atoms with E-state index in [9.17, 15) is 9.59 Å². The second-order valence-electron chi connectivity index (χ2n) is 6.42. The van der Waals surface area contributed by atoms with Gasteiger partial charge in [0.2, 0.25) is 5.91 Å². The number of anilines is 1. The Morgan fingerprint density at radius 2 is 2.21 bits per heavy atom. The number of carboxylic acids is 1. The molecule has 2 atom stereocenters. The lowest BCUT2D eigenvalue weighted by molar-refractivity contribution is -0.137. The van der Waals surface area contributed by atoms with Crippen LogP contribution in [0, 0.1) is 0 Å². The van der Waals surface area contributed by atoms with E-state index in [-0.39, 0.29) is 11.9 Å². The molecule has 8 nitrogen and oxygen atoms in total. The quantitative estimate of drug-likeness (QED) is 0.455. The molecule has 0 bridgehead atoms. The summed E-state index contributed by atoms with van der Waals surface area (Å²) in [6.07, 6.45) is 2.52. The van der Waals surface area contributed by atoms with Crippen molar-refractivity contribution in [2.75, 3.05) is 24.7 Å². The second kappa shape index (κ2) is 9.46. The van der Waals surface area contributed by atoms with Gasteiger partial charge in [0, 0.05) is 11.4 Å². The Morgan fingerprint density at radius 3 is 2.89 bits per heavy atom. The van der Waals surface area contributed by atoms with E-state index in [0.717, 1.165) is 29.5 Å². The molecule has 5 N–H and O–H groups in total. The van der Waals surface area contributed by atoms with Crippen molar-refractivity contribution in [3.63, 3.8) is 0 Å². The molecule has 2 aromatic rings. The number of likely N-dealkylation sites (N-methyl/N-ethyl adjacent to an activating group) is 1. The lowest BCUT2D eigenvalue weighted by Gasteiger charge is -2.15. The predicted molar refractivity (Wildman–Crippen MR) is 114 cm³/mol. The molecule has 0 aliphatic carbocycles. The van der Waals surface area contributed by atoms with Gasteiger partial charge >= 0.3 is 5.97 Å². The number of hydrogen-bond acceptors (Lipinski definition) is 8. The maximum absolute atomic E-state index is 12.5. The van der Waals surface area contributed by atoms with Crippen molar-refractivity contribution in [3.8, 4) is 0 Å². The van der Waals surface area contributed by atoms with Crippen molar-refractivity contribution in [2.24, 2.45) is 10.7 Å². The Kier molecular flexibility index (Phi) is 7.00. The van der Waals surface area contributed by atoms with Crippen LogP contribution in [-0.2, 0) is 9.59 Å². The Hall–Kier alpha value is -2.01. The molecule has 0 spiro atoms. The number of hydrogen-bond donors (Lipinski definition) is 4. The molecule has 3 rings (SSSR count). The molecule has 28 heavy (non-hydrogen) atoms. The number of nitrogens with two attached hydrogens (primary N) is 1. The predicted octanol–water partition coefficient (Wildman–Crippen LogP) is 1.90. The number of aliphatic carboxylic acids is 1. The lowest BCUT2D eigenvalue weighted by Crippen LogP contribution is -2.38. The van der Waals surface area contributed by atoms with Gasteiger partial charge in [-0.05, 0) is 44.6 Å². The van der Waals surface area contributed by atoms with Crippen molar-refractivity contribution in [2.45, 2.75) is 31.3 Å². The Balaban J connectivity index is 1.71. The van der Waals surface area contributed by atoms with Crippen molar-refractivity contribution in [1.82, 2.24) is 10.3 Å². The van der Waals surface area contributed by atoms with E-state index in [4.69, 9.17) is 10.8 Å². The molecule has 150 valence electrons. The number of nitrogens with zero attached hydrogens (tertiary/aromatic N) is 2. The number of thiazole rings is 1. The van der Waals surface area contributed by atoms with Crippen molar-refractivity contribution >= 4 is 55.9 Å². The van der Waals surface area contributed by atoms with Crippen LogP contribution in [0.4, 0.5) is 5.69 Å². The second-order valence-corrected chi connectivity index (χ2v) is 8.46.